The number of hydrogen-bond donors (Lipinski definition) is 1. The number of carbonyl (C=O) groups is 1. The van der Waals surface area contributed by atoms with Gasteiger partial charge in [-0.25, -0.2) is 0 Å². The second-order valence-electron chi connectivity index (χ2n) is 3.23. The minimum atomic E-state index is -0.825. The summed E-state index contributed by atoms with van der Waals surface area (Å²) in [5.74, 6) is -0.825. The van der Waals surface area contributed by atoms with Crippen LogP contribution in [0.2, 0.25) is 0 Å². The number of aryl methyl sites for hydroxylation is 1. The zero-order chi connectivity index (χ0) is 10.1. The van der Waals surface area contributed by atoms with E-state index in [2.05, 4.69) is 6.07 Å². The number of carboxylic acid groups (broad SMARTS) is 1. The SMILES string of the molecule is Cc1cc2[c]cccc2n1CC(=O)O. The molecule has 0 aliphatic heterocycles. The van der Waals surface area contributed by atoms with Crippen molar-refractivity contribution in [2.75, 3.05) is 0 Å². The molecule has 3 heteroatoms. The molecule has 1 radical (unpaired) electrons. The van der Waals surface area contributed by atoms with E-state index in [9.17, 15) is 4.79 Å². The fraction of sp³-hybridized carbons (Fsp3) is 0.182. The lowest BCUT2D eigenvalue weighted by Gasteiger charge is -2.03. The number of fused-ring (bicyclic) bond motifs is 1. The molecule has 0 atom stereocenters. The zero-order valence-corrected chi connectivity index (χ0v) is 7.82. The smallest absolute Gasteiger partial charge is 0.323 e. The third-order valence-electron chi connectivity index (χ3n) is 2.23. The van der Waals surface area contributed by atoms with Crippen LogP contribution >= 0.6 is 0 Å². The van der Waals surface area contributed by atoms with Crippen molar-refractivity contribution in [3.8, 4) is 0 Å². The van der Waals surface area contributed by atoms with Crippen LogP contribution in [0, 0.1) is 13.0 Å². The summed E-state index contributed by atoms with van der Waals surface area (Å²) >= 11 is 0. The maximum atomic E-state index is 10.6. The molecule has 14 heavy (non-hydrogen) atoms. The summed E-state index contributed by atoms with van der Waals surface area (Å²) in [7, 11) is 0. The molecule has 0 bridgehead atoms. The molecule has 1 heterocycles. The topological polar surface area (TPSA) is 42.2 Å². The number of nitrogens with zero attached hydrogens (tertiary/aromatic N) is 1. The highest BCUT2D eigenvalue weighted by atomic mass is 16.4. The number of carboxylic acids is 1. The quantitative estimate of drug-likeness (QED) is 0.781. The Morgan fingerprint density at radius 3 is 3.14 bits per heavy atom. The fourth-order valence-electron chi connectivity index (χ4n) is 1.61. The Hall–Kier alpha value is -1.77. The van der Waals surface area contributed by atoms with Gasteiger partial charge in [0.1, 0.15) is 6.54 Å². The van der Waals surface area contributed by atoms with E-state index >= 15 is 0 Å². The molecule has 2 rings (SSSR count). The molecule has 71 valence electrons. The molecule has 1 aromatic heterocycles. The van der Waals surface area contributed by atoms with Crippen molar-refractivity contribution in [1.29, 1.82) is 0 Å². The summed E-state index contributed by atoms with van der Waals surface area (Å²) in [6, 6.07) is 10.6. The number of aromatic nitrogens is 1. The van der Waals surface area contributed by atoms with E-state index in [1.807, 2.05) is 31.2 Å². The van der Waals surface area contributed by atoms with E-state index in [1.54, 1.807) is 4.57 Å². The van der Waals surface area contributed by atoms with Gasteiger partial charge in [0.2, 0.25) is 0 Å². The van der Waals surface area contributed by atoms with Gasteiger partial charge >= 0.3 is 5.97 Å². The van der Waals surface area contributed by atoms with Crippen molar-refractivity contribution in [2.45, 2.75) is 13.5 Å². The van der Waals surface area contributed by atoms with E-state index in [1.165, 1.54) is 0 Å². The summed E-state index contributed by atoms with van der Waals surface area (Å²) in [5.41, 5.74) is 1.87. The largest absolute Gasteiger partial charge is 0.480 e. The first-order chi connectivity index (χ1) is 6.68. The molecule has 0 saturated heterocycles. The molecular weight excluding hydrogens is 178 g/mol. The van der Waals surface area contributed by atoms with Gasteiger partial charge in [0.05, 0.1) is 0 Å². The molecular formula is C11H10NO2. The zero-order valence-electron chi connectivity index (χ0n) is 7.82. The van der Waals surface area contributed by atoms with Crippen molar-refractivity contribution in [3.05, 3.63) is 36.0 Å². The van der Waals surface area contributed by atoms with E-state index in [0.29, 0.717) is 0 Å². The first-order valence-electron chi connectivity index (χ1n) is 4.37. The minimum absolute atomic E-state index is 0.00713. The lowest BCUT2D eigenvalue weighted by atomic mass is 10.2. The van der Waals surface area contributed by atoms with Gasteiger partial charge in [0.25, 0.3) is 0 Å². The monoisotopic (exact) mass is 188 g/mol. The van der Waals surface area contributed by atoms with Crippen molar-refractivity contribution < 1.29 is 9.90 Å². The molecule has 3 nitrogen and oxygen atoms in total. The molecule has 2 aromatic rings. The van der Waals surface area contributed by atoms with Crippen LogP contribution in [0.4, 0.5) is 0 Å². The van der Waals surface area contributed by atoms with Gasteiger partial charge in [-0.05, 0) is 25.1 Å². The third-order valence-corrected chi connectivity index (χ3v) is 2.23. The van der Waals surface area contributed by atoms with Crippen molar-refractivity contribution >= 4 is 16.9 Å². The Bertz CT molecular complexity index is 485. The van der Waals surface area contributed by atoms with Gasteiger partial charge in [0.15, 0.2) is 0 Å². The van der Waals surface area contributed by atoms with Crippen molar-refractivity contribution in [1.82, 2.24) is 4.57 Å². The van der Waals surface area contributed by atoms with E-state index in [4.69, 9.17) is 5.11 Å². The van der Waals surface area contributed by atoms with Gasteiger partial charge in [-0.3, -0.25) is 4.79 Å². The predicted molar refractivity (Wildman–Crippen MR) is 53.1 cm³/mol. The fourth-order valence-corrected chi connectivity index (χ4v) is 1.61. The average Bonchev–Trinajstić information content (AvgIpc) is 2.43. The maximum absolute atomic E-state index is 10.6. The average molecular weight is 188 g/mol. The number of rotatable bonds is 2. The molecule has 0 amide bonds. The van der Waals surface area contributed by atoms with Crippen LogP contribution in [0.5, 0.6) is 0 Å². The lowest BCUT2D eigenvalue weighted by molar-refractivity contribution is -0.137. The van der Waals surface area contributed by atoms with Crippen LogP contribution in [0.1, 0.15) is 5.69 Å². The van der Waals surface area contributed by atoms with E-state index < -0.39 is 5.97 Å². The predicted octanol–water partition coefficient (Wildman–Crippen LogP) is 1.83. The van der Waals surface area contributed by atoms with E-state index in [-0.39, 0.29) is 6.54 Å². The highest BCUT2D eigenvalue weighted by Crippen LogP contribution is 2.18. The molecule has 0 spiro atoms. The van der Waals surface area contributed by atoms with Crippen LogP contribution in [-0.2, 0) is 11.3 Å². The van der Waals surface area contributed by atoms with Crippen molar-refractivity contribution in [2.24, 2.45) is 0 Å². The summed E-state index contributed by atoms with van der Waals surface area (Å²) in [4.78, 5) is 10.6. The van der Waals surface area contributed by atoms with Crippen molar-refractivity contribution in [3.63, 3.8) is 0 Å². The number of hydrogen-bond acceptors (Lipinski definition) is 1. The Morgan fingerprint density at radius 2 is 2.43 bits per heavy atom. The van der Waals surface area contributed by atoms with E-state index in [0.717, 1.165) is 16.6 Å². The molecule has 0 aliphatic carbocycles. The normalized spacial score (nSPS) is 10.6. The van der Waals surface area contributed by atoms with Crippen LogP contribution in [-0.4, -0.2) is 15.6 Å². The van der Waals surface area contributed by atoms with Crippen LogP contribution in [0.3, 0.4) is 0 Å². The van der Waals surface area contributed by atoms with Crippen LogP contribution in [0.15, 0.2) is 24.3 Å². The first-order valence-corrected chi connectivity index (χ1v) is 4.37. The van der Waals surface area contributed by atoms with Gasteiger partial charge in [-0.1, -0.05) is 12.1 Å². The summed E-state index contributed by atoms with van der Waals surface area (Å²) in [5, 5.41) is 9.70. The number of aliphatic carboxylic acids is 1. The standard InChI is InChI=1S/C11H10NO2/c1-8-6-9-4-2-3-5-10(9)12(8)7-11(13)14/h2-3,5-6H,7H2,1H3,(H,13,14). The van der Waals surface area contributed by atoms with Gasteiger partial charge in [0, 0.05) is 16.6 Å². The minimum Gasteiger partial charge on any atom is -0.480 e. The van der Waals surface area contributed by atoms with Crippen LogP contribution in [0.25, 0.3) is 10.9 Å². The second-order valence-corrected chi connectivity index (χ2v) is 3.23. The highest BCUT2D eigenvalue weighted by Gasteiger charge is 2.07. The Balaban J connectivity index is 2.62. The highest BCUT2D eigenvalue weighted by molar-refractivity contribution is 5.82. The lowest BCUT2D eigenvalue weighted by Crippen LogP contribution is -2.09. The summed E-state index contributed by atoms with van der Waals surface area (Å²) in [6.45, 7) is 1.91. The molecule has 0 saturated carbocycles. The maximum Gasteiger partial charge on any atom is 0.323 e. The molecule has 0 fully saturated rings. The molecule has 0 aliphatic rings. The summed E-state index contributed by atoms with van der Waals surface area (Å²) < 4.78 is 1.77. The Kier molecular flexibility index (Phi) is 2.00. The second kappa shape index (κ2) is 3.18. The Labute approximate surface area is 81.6 Å². The van der Waals surface area contributed by atoms with Gasteiger partial charge < -0.3 is 9.67 Å². The molecule has 1 N–H and O–H groups in total. The number of benzene rings is 1. The molecule has 0 unspecified atom stereocenters. The summed E-state index contributed by atoms with van der Waals surface area (Å²) in [6.07, 6.45) is 0. The van der Waals surface area contributed by atoms with Crippen LogP contribution < -0.4 is 0 Å². The first kappa shape index (κ1) is 8.81. The third kappa shape index (κ3) is 1.37. The Morgan fingerprint density at radius 1 is 1.64 bits per heavy atom. The van der Waals surface area contributed by atoms with Gasteiger partial charge in [-0.2, -0.15) is 0 Å². The van der Waals surface area contributed by atoms with Gasteiger partial charge in [-0.15, -0.1) is 0 Å². The molecule has 1 aromatic carbocycles.